The number of piperazine rings is 1. The molecule has 0 amide bonds. The van der Waals surface area contributed by atoms with Crippen LogP contribution in [0.3, 0.4) is 0 Å². The minimum absolute atomic E-state index is 0.0247. The molecule has 2 N–H and O–H groups in total. The monoisotopic (exact) mass is 399 g/mol. The zero-order chi connectivity index (χ0) is 20.8. The van der Waals surface area contributed by atoms with Crippen molar-refractivity contribution in [1.82, 2.24) is 0 Å². The Morgan fingerprint density at radius 3 is 2.55 bits per heavy atom. The Morgan fingerprint density at radius 2 is 1.90 bits per heavy atom. The summed E-state index contributed by atoms with van der Waals surface area (Å²) in [6, 6.07) is 13.6. The highest BCUT2D eigenvalue weighted by Gasteiger charge is 2.23. The number of carbonyl (C=O) groups excluding carboxylic acids is 1. The number of aryl methyl sites for hydroxylation is 1. The molecule has 0 aromatic heterocycles. The number of nitrogens with one attached hydrogen (secondary N) is 1. The van der Waals surface area contributed by atoms with Crippen LogP contribution in [0.1, 0.15) is 22.8 Å². The quantitative estimate of drug-likeness (QED) is 0.656. The van der Waals surface area contributed by atoms with Crippen molar-refractivity contribution in [2.24, 2.45) is 0 Å². The minimum Gasteiger partial charge on any atom is -0.493 e. The number of ketones is 1. The lowest BCUT2D eigenvalue weighted by molar-refractivity contribution is -0.903. The molecule has 156 valence electrons. The van der Waals surface area contributed by atoms with E-state index in [1.165, 1.54) is 23.1 Å². The summed E-state index contributed by atoms with van der Waals surface area (Å²) in [6.07, 6.45) is -0.563. The van der Waals surface area contributed by atoms with E-state index in [4.69, 9.17) is 9.47 Å². The van der Waals surface area contributed by atoms with Crippen LogP contribution in [0.4, 0.5) is 5.69 Å². The highest BCUT2D eigenvalue weighted by molar-refractivity contribution is 5.94. The Labute approximate surface area is 172 Å². The van der Waals surface area contributed by atoms with Crippen molar-refractivity contribution in [2.45, 2.75) is 20.0 Å². The number of methoxy groups -OCH3 is 1. The summed E-state index contributed by atoms with van der Waals surface area (Å²) in [6.45, 7) is 8.44. The molecule has 6 nitrogen and oxygen atoms in total. The fourth-order valence-electron chi connectivity index (χ4n) is 3.77. The van der Waals surface area contributed by atoms with Gasteiger partial charge in [0.15, 0.2) is 17.3 Å². The number of carbonyl (C=O) groups is 1. The number of hydrogen-bond donors (Lipinski definition) is 2. The second kappa shape index (κ2) is 9.76. The molecule has 1 aliphatic rings. The molecule has 1 atom stereocenters. The number of anilines is 1. The smallest absolute Gasteiger partial charge is 0.161 e. The van der Waals surface area contributed by atoms with E-state index in [-0.39, 0.29) is 12.4 Å². The Bertz CT molecular complexity index is 831. The van der Waals surface area contributed by atoms with E-state index >= 15 is 0 Å². The second-order valence-corrected chi connectivity index (χ2v) is 7.61. The molecule has 2 aromatic carbocycles. The molecule has 1 fully saturated rings. The van der Waals surface area contributed by atoms with Crippen LogP contribution in [0.2, 0.25) is 0 Å². The Kier molecular flexibility index (Phi) is 7.12. The highest BCUT2D eigenvalue weighted by atomic mass is 16.5. The fraction of sp³-hybridized carbons (Fsp3) is 0.435. The van der Waals surface area contributed by atoms with Crippen LogP contribution in [0.25, 0.3) is 0 Å². The summed E-state index contributed by atoms with van der Waals surface area (Å²) < 4.78 is 11.1. The van der Waals surface area contributed by atoms with Crippen molar-refractivity contribution < 1.29 is 24.3 Å². The van der Waals surface area contributed by atoms with Gasteiger partial charge in [-0.1, -0.05) is 18.2 Å². The van der Waals surface area contributed by atoms with Crippen molar-refractivity contribution in [3.8, 4) is 11.5 Å². The Balaban J connectivity index is 1.48. The van der Waals surface area contributed by atoms with Crippen LogP contribution < -0.4 is 19.3 Å². The topological polar surface area (TPSA) is 63.4 Å². The summed E-state index contributed by atoms with van der Waals surface area (Å²) in [5.41, 5.74) is 3.18. The van der Waals surface area contributed by atoms with E-state index in [0.717, 1.165) is 26.2 Å². The lowest BCUT2D eigenvalue weighted by Gasteiger charge is -2.35. The van der Waals surface area contributed by atoms with Crippen LogP contribution in [0.15, 0.2) is 42.5 Å². The van der Waals surface area contributed by atoms with Gasteiger partial charge in [0.1, 0.15) is 19.3 Å². The molecule has 0 radical (unpaired) electrons. The van der Waals surface area contributed by atoms with Gasteiger partial charge >= 0.3 is 0 Å². The van der Waals surface area contributed by atoms with Gasteiger partial charge in [-0.3, -0.25) is 4.79 Å². The Morgan fingerprint density at radius 1 is 1.17 bits per heavy atom. The normalized spacial score (nSPS) is 15.8. The lowest BCUT2D eigenvalue weighted by atomic mass is 10.1. The first-order valence-corrected chi connectivity index (χ1v) is 10.1. The van der Waals surface area contributed by atoms with Crippen LogP contribution >= 0.6 is 0 Å². The number of quaternary nitrogens is 1. The largest absolute Gasteiger partial charge is 0.493 e. The molecule has 3 rings (SSSR count). The maximum Gasteiger partial charge on any atom is 0.161 e. The fourth-order valence-corrected chi connectivity index (χ4v) is 3.77. The number of para-hydroxylation sites is 1. The lowest BCUT2D eigenvalue weighted by Crippen LogP contribution is -3.16. The van der Waals surface area contributed by atoms with Crippen LogP contribution in [0.5, 0.6) is 11.5 Å². The standard InChI is InChI=1S/C23H30N2O4/c1-17-6-4-5-7-21(17)25-12-10-24(11-13-25)15-20(27)16-29-22-9-8-19(18(2)26)14-23(22)28-3/h4-9,14,20,27H,10-13,15-16H2,1-3H3/p+1/t20-/m0/s1. The number of rotatable bonds is 8. The maximum atomic E-state index is 11.5. The van der Waals surface area contributed by atoms with Crippen molar-refractivity contribution in [3.63, 3.8) is 0 Å². The summed E-state index contributed by atoms with van der Waals surface area (Å²) in [5.74, 6) is 1.02. The van der Waals surface area contributed by atoms with E-state index < -0.39 is 6.10 Å². The number of aliphatic hydroxyl groups excluding tert-OH is 1. The molecule has 0 saturated carbocycles. The van der Waals surface area contributed by atoms with Gasteiger partial charge in [-0.05, 0) is 43.7 Å². The number of benzene rings is 2. The average molecular weight is 400 g/mol. The predicted molar refractivity (Wildman–Crippen MR) is 113 cm³/mol. The third kappa shape index (κ3) is 5.49. The molecule has 0 spiro atoms. The molecule has 6 heteroatoms. The Hall–Kier alpha value is -2.57. The van der Waals surface area contributed by atoms with E-state index in [2.05, 4.69) is 36.1 Å². The van der Waals surface area contributed by atoms with Crippen LogP contribution in [-0.2, 0) is 0 Å². The molecule has 0 bridgehead atoms. The number of Topliss-reactive ketones (excluding diaryl/α,β-unsaturated/α-hetero) is 1. The first-order valence-electron chi connectivity index (χ1n) is 10.1. The summed E-state index contributed by atoms with van der Waals surface area (Å²) in [4.78, 5) is 15.3. The number of ether oxygens (including phenoxy) is 2. The van der Waals surface area contributed by atoms with E-state index in [9.17, 15) is 9.90 Å². The zero-order valence-corrected chi connectivity index (χ0v) is 17.5. The van der Waals surface area contributed by atoms with Gasteiger partial charge in [-0.2, -0.15) is 0 Å². The maximum absolute atomic E-state index is 11.5. The molecule has 1 saturated heterocycles. The summed E-state index contributed by atoms with van der Waals surface area (Å²) in [5, 5.41) is 10.4. The second-order valence-electron chi connectivity index (χ2n) is 7.61. The first kappa shape index (κ1) is 21.1. The van der Waals surface area contributed by atoms with Gasteiger partial charge in [-0.25, -0.2) is 0 Å². The van der Waals surface area contributed by atoms with Crippen molar-refractivity contribution >= 4 is 11.5 Å². The molecule has 29 heavy (non-hydrogen) atoms. The van der Waals surface area contributed by atoms with Gasteiger partial charge in [0.05, 0.1) is 33.3 Å². The summed E-state index contributed by atoms with van der Waals surface area (Å²) >= 11 is 0. The van der Waals surface area contributed by atoms with Crippen molar-refractivity contribution in [3.05, 3.63) is 53.6 Å². The molecule has 0 unspecified atom stereocenters. The van der Waals surface area contributed by atoms with Crippen molar-refractivity contribution in [1.29, 1.82) is 0 Å². The summed E-state index contributed by atoms with van der Waals surface area (Å²) in [7, 11) is 1.54. The SMILES string of the molecule is COc1cc(C(C)=O)ccc1OC[C@@H](O)C[NH+]1CCN(c2ccccc2C)CC1. The third-order valence-corrected chi connectivity index (χ3v) is 5.45. The van der Waals surface area contributed by atoms with E-state index in [0.29, 0.717) is 23.6 Å². The average Bonchev–Trinajstić information content (AvgIpc) is 2.73. The number of hydrogen-bond acceptors (Lipinski definition) is 5. The molecule has 2 aromatic rings. The molecule has 1 heterocycles. The van der Waals surface area contributed by atoms with E-state index in [1.807, 2.05) is 0 Å². The van der Waals surface area contributed by atoms with Gasteiger partial charge in [0.25, 0.3) is 0 Å². The van der Waals surface area contributed by atoms with Crippen molar-refractivity contribution in [2.75, 3.05) is 51.3 Å². The van der Waals surface area contributed by atoms with Gasteiger partial charge < -0.3 is 24.4 Å². The van der Waals surface area contributed by atoms with Gasteiger partial charge in [-0.15, -0.1) is 0 Å². The molecular weight excluding hydrogens is 368 g/mol. The number of nitrogens with zero attached hydrogens (tertiary/aromatic N) is 1. The van der Waals surface area contributed by atoms with Crippen LogP contribution in [0, 0.1) is 6.92 Å². The van der Waals surface area contributed by atoms with Crippen LogP contribution in [-0.4, -0.2) is 63.4 Å². The van der Waals surface area contributed by atoms with Gasteiger partial charge in [0.2, 0.25) is 0 Å². The predicted octanol–water partition coefficient (Wildman–Crippen LogP) is 1.35. The minimum atomic E-state index is -0.563. The number of aliphatic hydroxyl groups is 1. The molecule has 1 aliphatic heterocycles. The zero-order valence-electron chi connectivity index (χ0n) is 17.5. The molecular formula is C23H31N2O4+. The van der Waals surface area contributed by atoms with Gasteiger partial charge in [0, 0.05) is 11.3 Å². The van der Waals surface area contributed by atoms with E-state index in [1.54, 1.807) is 25.3 Å². The molecule has 0 aliphatic carbocycles. The third-order valence-electron chi connectivity index (χ3n) is 5.45. The highest BCUT2D eigenvalue weighted by Crippen LogP contribution is 2.28. The first-order chi connectivity index (χ1) is 14.0.